The fourth-order valence-corrected chi connectivity index (χ4v) is 5.28. The van der Waals surface area contributed by atoms with E-state index < -0.39 is 15.9 Å². The maximum atomic E-state index is 12.9. The summed E-state index contributed by atoms with van der Waals surface area (Å²) in [4.78, 5) is 12.8. The van der Waals surface area contributed by atoms with Gasteiger partial charge in [0.05, 0.1) is 16.8 Å². The molecule has 0 bridgehead atoms. The van der Waals surface area contributed by atoms with Gasteiger partial charge in [0.1, 0.15) is 0 Å². The van der Waals surface area contributed by atoms with E-state index in [1.165, 1.54) is 11.4 Å². The molecule has 37 heavy (non-hydrogen) atoms. The summed E-state index contributed by atoms with van der Waals surface area (Å²) in [5, 5.41) is 4.79. The molecule has 0 aliphatic rings. The minimum absolute atomic E-state index is 0.201. The van der Waals surface area contributed by atoms with Crippen molar-refractivity contribution in [3.63, 3.8) is 0 Å². The highest BCUT2D eigenvalue weighted by Gasteiger charge is 2.21. The Kier molecular flexibility index (Phi) is 7.52. The van der Waals surface area contributed by atoms with Gasteiger partial charge in [-0.3, -0.25) is 9.10 Å². The van der Waals surface area contributed by atoms with Crippen LogP contribution in [0, 0.1) is 20.8 Å². The fraction of sp³-hybridized carbons (Fsp3) is 0.143. The number of hydrogen-bond donors (Lipinski definition) is 1. The maximum absolute atomic E-state index is 12.9. The van der Waals surface area contributed by atoms with E-state index in [1.54, 1.807) is 54.7 Å². The Morgan fingerprint density at radius 1 is 0.946 bits per heavy atom. The molecule has 4 aromatic rings. The highest BCUT2D eigenvalue weighted by molar-refractivity contribution is 7.92. The number of nitrogens with zero attached hydrogens (tertiary/aromatic N) is 3. The summed E-state index contributed by atoms with van der Waals surface area (Å²) in [6.45, 7) is 5.87. The van der Waals surface area contributed by atoms with Crippen molar-refractivity contribution in [1.29, 1.82) is 0 Å². The largest absolute Gasteiger partial charge is 0.318 e. The highest BCUT2D eigenvalue weighted by Crippen LogP contribution is 2.23. The van der Waals surface area contributed by atoms with Crippen LogP contribution in [0.2, 0.25) is 5.02 Å². The van der Waals surface area contributed by atoms with Gasteiger partial charge in [0.2, 0.25) is 0 Å². The van der Waals surface area contributed by atoms with E-state index in [4.69, 9.17) is 11.6 Å². The molecule has 0 fully saturated rings. The van der Waals surface area contributed by atoms with Crippen molar-refractivity contribution >= 4 is 39.4 Å². The van der Waals surface area contributed by atoms with Crippen LogP contribution in [-0.2, 0) is 10.0 Å². The number of benzene rings is 3. The molecule has 0 saturated carbocycles. The third kappa shape index (κ3) is 5.60. The standard InChI is InChI=1S/C28H27ClN4O3S/c1-19-5-15-27(16-6-19)37(35,36)32(4)25-11-7-22(8-12-25)28(34)31-30-18-23-17-20(2)33(21(23)3)26-13-9-24(29)10-14-26/h5-18H,1-4H3,(H,31,34)/b30-18-. The van der Waals surface area contributed by atoms with Crippen LogP contribution in [0.4, 0.5) is 5.69 Å². The highest BCUT2D eigenvalue weighted by atomic mass is 35.5. The lowest BCUT2D eigenvalue weighted by atomic mass is 10.2. The van der Waals surface area contributed by atoms with Crippen LogP contribution in [0.25, 0.3) is 5.69 Å². The molecule has 0 atom stereocenters. The van der Waals surface area contributed by atoms with Gasteiger partial charge in [-0.25, -0.2) is 13.8 Å². The molecule has 0 radical (unpaired) electrons. The number of hydrogen-bond acceptors (Lipinski definition) is 4. The number of aryl methyl sites for hydroxylation is 2. The number of sulfonamides is 1. The lowest BCUT2D eigenvalue weighted by Crippen LogP contribution is -2.26. The predicted octanol–water partition coefficient (Wildman–Crippen LogP) is 5.64. The molecule has 0 spiro atoms. The molecule has 7 nitrogen and oxygen atoms in total. The lowest BCUT2D eigenvalue weighted by molar-refractivity contribution is 0.0955. The first-order chi connectivity index (χ1) is 17.6. The van der Waals surface area contributed by atoms with E-state index in [9.17, 15) is 13.2 Å². The first-order valence-corrected chi connectivity index (χ1v) is 13.3. The smallest absolute Gasteiger partial charge is 0.271 e. The van der Waals surface area contributed by atoms with E-state index in [-0.39, 0.29) is 4.90 Å². The van der Waals surface area contributed by atoms with Gasteiger partial charge in [0.25, 0.3) is 15.9 Å². The van der Waals surface area contributed by atoms with Crippen molar-refractivity contribution in [3.05, 3.63) is 112 Å². The van der Waals surface area contributed by atoms with Gasteiger partial charge in [-0.15, -0.1) is 0 Å². The van der Waals surface area contributed by atoms with E-state index >= 15 is 0 Å². The summed E-state index contributed by atoms with van der Waals surface area (Å²) < 4.78 is 29.1. The van der Waals surface area contributed by atoms with Gasteiger partial charge in [0.15, 0.2) is 0 Å². The topological polar surface area (TPSA) is 83.8 Å². The molecule has 4 rings (SSSR count). The number of carbonyl (C=O) groups excluding carboxylic acids is 1. The SMILES string of the molecule is Cc1ccc(S(=O)(=O)N(C)c2ccc(C(=O)N/N=C\c3cc(C)n(-c4ccc(Cl)cc4)c3C)cc2)cc1. The normalized spacial score (nSPS) is 11.6. The molecule has 0 unspecified atom stereocenters. The van der Waals surface area contributed by atoms with Crippen LogP contribution < -0.4 is 9.73 Å². The minimum atomic E-state index is -3.71. The summed E-state index contributed by atoms with van der Waals surface area (Å²) in [6.07, 6.45) is 1.60. The quantitative estimate of drug-likeness (QED) is 0.246. The van der Waals surface area contributed by atoms with E-state index in [0.29, 0.717) is 16.3 Å². The number of halogens is 1. The molecule has 1 aromatic heterocycles. The Hall–Kier alpha value is -3.88. The average Bonchev–Trinajstić information content (AvgIpc) is 3.17. The van der Waals surface area contributed by atoms with Crippen LogP contribution >= 0.6 is 11.6 Å². The van der Waals surface area contributed by atoms with Gasteiger partial charge in [-0.2, -0.15) is 5.10 Å². The second kappa shape index (κ2) is 10.6. The molecular weight excluding hydrogens is 508 g/mol. The van der Waals surface area contributed by atoms with Crippen molar-refractivity contribution in [1.82, 2.24) is 9.99 Å². The van der Waals surface area contributed by atoms with E-state index in [1.807, 2.05) is 51.1 Å². The Morgan fingerprint density at radius 2 is 1.57 bits per heavy atom. The number of amides is 1. The van der Waals surface area contributed by atoms with Crippen molar-refractivity contribution in [2.45, 2.75) is 25.7 Å². The zero-order valence-corrected chi connectivity index (χ0v) is 22.5. The number of aromatic nitrogens is 1. The maximum Gasteiger partial charge on any atom is 0.271 e. The van der Waals surface area contributed by atoms with Crippen molar-refractivity contribution < 1.29 is 13.2 Å². The summed E-state index contributed by atoms with van der Waals surface area (Å²) in [5.41, 5.74) is 8.15. The first-order valence-electron chi connectivity index (χ1n) is 11.5. The Morgan fingerprint density at radius 3 is 2.19 bits per heavy atom. The molecule has 3 aromatic carbocycles. The molecule has 1 heterocycles. The van der Waals surface area contributed by atoms with Gasteiger partial charge in [0, 0.05) is 40.3 Å². The molecule has 1 amide bonds. The monoisotopic (exact) mass is 534 g/mol. The van der Waals surface area contributed by atoms with Gasteiger partial charge < -0.3 is 4.57 Å². The summed E-state index contributed by atoms with van der Waals surface area (Å²) >= 11 is 6.01. The predicted molar refractivity (Wildman–Crippen MR) is 149 cm³/mol. The van der Waals surface area contributed by atoms with Crippen LogP contribution in [-0.4, -0.2) is 32.2 Å². The Labute approximate surface area is 222 Å². The van der Waals surface area contributed by atoms with Crippen LogP contribution in [0.1, 0.15) is 32.9 Å². The molecular formula is C28H27ClN4O3S. The van der Waals surface area contributed by atoms with E-state index in [0.717, 1.165) is 28.2 Å². The van der Waals surface area contributed by atoms with E-state index in [2.05, 4.69) is 15.1 Å². The minimum Gasteiger partial charge on any atom is -0.318 e. The summed E-state index contributed by atoms with van der Waals surface area (Å²) in [6, 6.07) is 22.5. The molecule has 0 aliphatic carbocycles. The third-order valence-corrected chi connectivity index (χ3v) is 8.15. The number of carbonyl (C=O) groups is 1. The van der Waals surface area contributed by atoms with Gasteiger partial charge in [-0.05, 0) is 87.5 Å². The average molecular weight is 535 g/mol. The fourth-order valence-electron chi connectivity index (χ4n) is 3.96. The second-order valence-electron chi connectivity index (χ2n) is 8.67. The van der Waals surface area contributed by atoms with Crippen molar-refractivity contribution in [3.8, 4) is 5.69 Å². The number of anilines is 1. The lowest BCUT2D eigenvalue weighted by Gasteiger charge is -2.19. The number of hydrazone groups is 1. The summed E-state index contributed by atoms with van der Waals surface area (Å²) in [5.74, 6) is -0.404. The Balaban J connectivity index is 1.44. The molecule has 190 valence electrons. The second-order valence-corrected chi connectivity index (χ2v) is 11.1. The zero-order valence-electron chi connectivity index (χ0n) is 20.9. The first kappa shape index (κ1) is 26.2. The molecule has 0 aliphatic heterocycles. The Bertz CT molecular complexity index is 1560. The van der Waals surface area contributed by atoms with Gasteiger partial charge >= 0.3 is 0 Å². The molecule has 1 N–H and O–H groups in total. The molecule has 9 heteroatoms. The third-order valence-electron chi connectivity index (χ3n) is 6.10. The van der Waals surface area contributed by atoms with Crippen molar-refractivity contribution in [2.75, 3.05) is 11.4 Å². The van der Waals surface area contributed by atoms with Crippen LogP contribution in [0.5, 0.6) is 0 Å². The number of nitrogens with one attached hydrogen (secondary N) is 1. The summed E-state index contributed by atoms with van der Waals surface area (Å²) in [7, 11) is -2.23. The van der Waals surface area contributed by atoms with Crippen molar-refractivity contribution in [2.24, 2.45) is 5.10 Å². The molecule has 0 saturated heterocycles. The van der Waals surface area contributed by atoms with Crippen LogP contribution in [0.15, 0.2) is 88.9 Å². The van der Waals surface area contributed by atoms with Crippen LogP contribution in [0.3, 0.4) is 0 Å². The zero-order chi connectivity index (χ0) is 26.7. The number of rotatable bonds is 7. The van der Waals surface area contributed by atoms with Gasteiger partial charge in [-0.1, -0.05) is 29.3 Å².